The second-order valence-electron chi connectivity index (χ2n) is 7.37. The molecule has 158 valence electrons. The van der Waals surface area contributed by atoms with Gasteiger partial charge in [-0.05, 0) is 43.5 Å². The van der Waals surface area contributed by atoms with Crippen LogP contribution in [0.25, 0.3) is 16.8 Å². The fourth-order valence-electron chi connectivity index (χ4n) is 3.81. The van der Waals surface area contributed by atoms with Crippen molar-refractivity contribution in [1.29, 1.82) is 0 Å². The smallest absolute Gasteiger partial charge is 0.416 e. The van der Waals surface area contributed by atoms with Gasteiger partial charge in [-0.2, -0.15) is 13.2 Å². The fourth-order valence-corrected chi connectivity index (χ4v) is 3.81. The highest BCUT2D eigenvalue weighted by atomic mass is 19.4. The Bertz CT molecular complexity index is 1090. The molecule has 0 spiro atoms. The molecule has 0 bridgehead atoms. The number of aromatic hydroxyl groups is 1. The number of nitrogens with zero attached hydrogens (tertiary/aromatic N) is 3. The van der Waals surface area contributed by atoms with E-state index in [2.05, 4.69) is 4.98 Å². The van der Waals surface area contributed by atoms with Crippen LogP contribution in [0.1, 0.15) is 35.3 Å². The maximum Gasteiger partial charge on any atom is 0.416 e. The summed E-state index contributed by atoms with van der Waals surface area (Å²) in [6, 6.07) is 5.83. The van der Waals surface area contributed by atoms with Crippen molar-refractivity contribution < 1.29 is 28.2 Å². The maximum absolute atomic E-state index is 12.9. The van der Waals surface area contributed by atoms with E-state index in [9.17, 15) is 28.2 Å². The molecule has 1 fully saturated rings. The van der Waals surface area contributed by atoms with E-state index in [-0.39, 0.29) is 29.8 Å². The number of phenolic OH excluding ortho intramolecular Hbond substituents is 1. The molecule has 1 saturated heterocycles. The minimum Gasteiger partial charge on any atom is -0.507 e. The third kappa shape index (κ3) is 3.72. The molecule has 0 saturated carbocycles. The number of benzene rings is 1. The molecule has 4 rings (SSSR count). The lowest BCUT2D eigenvalue weighted by atomic mass is 10.0. The number of phenols is 1. The van der Waals surface area contributed by atoms with Crippen molar-refractivity contribution in [3.8, 4) is 16.9 Å². The van der Waals surface area contributed by atoms with Gasteiger partial charge in [-0.1, -0.05) is 6.07 Å². The minimum atomic E-state index is -4.54. The second-order valence-corrected chi connectivity index (χ2v) is 7.37. The molecule has 1 aromatic carbocycles. The number of likely N-dealkylation sites (tertiary alicyclic amines) is 1. The number of alkyl halides is 3. The first kappa shape index (κ1) is 20.2. The summed E-state index contributed by atoms with van der Waals surface area (Å²) in [5, 5.41) is 19.6. The van der Waals surface area contributed by atoms with Crippen molar-refractivity contribution in [2.75, 3.05) is 13.2 Å². The second kappa shape index (κ2) is 7.64. The van der Waals surface area contributed by atoms with E-state index >= 15 is 0 Å². The number of imidazole rings is 1. The van der Waals surface area contributed by atoms with E-state index in [1.807, 2.05) is 0 Å². The highest BCUT2D eigenvalue weighted by Gasteiger charge is 2.31. The van der Waals surface area contributed by atoms with Gasteiger partial charge >= 0.3 is 6.18 Å². The number of fused-ring (bicyclic) bond motifs is 1. The summed E-state index contributed by atoms with van der Waals surface area (Å²) < 4.78 is 40.1. The van der Waals surface area contributed by atoms with E-state index in [1.165, 1.54) is 6.07 Å². The van der Waals surface area contributed by atoms with Crippen LogP contribution in [0.15, 0.2) is 42.7 Å². The van der Waals surface area contributed by atoms with Gasteiger partial charge in [0.25, 0.3) is 5.91 Å². The van der Waals surface area contributed by atoms with Gasteiger partial charge in [-0.15, -0.1) is 0 Å². The Kier molecular flexibility index (Phi) is 5.15. The Balaban J connectivity index is 1.65. The number of hydrogen-bond acceptors (Lipinski definition) is 4. The average molecular weight is 419 g/mol. The van der Waals surface area contributed by atoms with E-state index in [0.29, 0.717) is 23.8 Å². The molecule has 3 aromatic rings. The van der Waals surface area contributed by atoms with Crippen LogP contribution >= 0.6 is 0 Å². The van der Waals surface area contributed by atoms with Gasteiger partial charge in [0.15, 0.2) is 0 Å². The van der Waals surface area contributed by atoms with Crippen molar-refractivity contribution in [3.05, 3.63) is 54.0 Å². The first-order valence-corrected chi connectivity index (χ1v) is 9.59. The molecule has 6 nitrogen and oxygen atoms in total. The Morgan fingerprint density at radius 1 is 1.17 bits per heavy atom. The van der Waals surface area contributed by atoms with Crippen LogP contribution in [-0.4, -0.2) is 49.6 Å². The third-order valence-electron chi connectivity index (χ3n) is 5.40. The molecule has 2 aromatic heterocycles. The van der Waals surface area contributed by atoms with Crippen molar-refractivity contribution in [2.45, 2.75) is 31.5 Å². The molecule has 2 N–H and O–H groups in total. The summed E-state index contributed by atoms with van der Waals surface area (Å²) in [4.78, 5) is 18.8. The van der Waals surface area contributed by atoms with Gasteiger partial charge < -0.3 is 19.5 Å². The maximum atomic E-state index is 12.9. The van der Waals surface area contributed by atoms with Crippen LogP contribution in [0.2, 0.25) is 0 Å². The summed E-state index contributed by atoms with van der Waals surface area (Å²) in [6.45, 7) is 0.457. The van der Waals surface area contributed by atoms with Crippen molar-refractivity contribution in [2.24, 2.45) is 0 Å². The van der Waals surface area contributed by atoms with Gasteiger partial charge in [-0.3, -0.25) is 4.79 Å². The first-order valence-electron chi connectivity index (χ1n) is 9.59. The molecule has 9 heteroatoms. The van der Waals surface area contributed by atoms with Gasteiger partial charge in [0, 0.05) is 30.1 Å². The summed E-state index contributed by atoms with van der Waals surface area (Å²) >= 11 is 0. The van der Waals surface area contributed by atoms with Crippen LogP contribution < -0.4 is 0 Å². The Hall–Kier alpha value is -3.07. The SMILES string of the molecule is O=C(c1cn2cc(-c3ccc(C(F)(F)F)cc3O)ccc2n1)N1CCCCC1CO. The normalized spacial score (nSPS) is 17.5. The van der Waals surface area contributed by atoms with Gasteiger partial charge in [0.05, 0.1) is 18.2 Å². The van der Waals surface area contributed by atoms with E-state index < -0.39 is 17.5 Å². The minimum absolute atomic E-state index is 0.101. The number of rotatable bonds is 3. The molecular weight excluding hydrogens is 399 g/mol. The monoisotopic (exact) mass is 419 g/mol. The lowest BCUT2D eigenvalue weighted by molar-refractivity contribution is -0.137. The quantitative estimate of drug-likeness (QED) is 0.679. The van der Waals surface area contributed by atoms with Crippen LogP contribution in [0.3, 0.4) is 0 Å². The highest BCUT2D eigenvalue weighted by Crippen LogP contribution is 2.36. The topological polar surface area (TPSA) is 78.1 Å². The molecule has 30 heavy (non-hydrogen) atoms. The van der Waals surface area contributed by atoms with Gasteiger partial charge in [-0.25, -0.2) is 4.98 Å². The molecule has 1 aliphatic rings. The fraction of sp³-hybridized carbons (Fsp3) is 0.333. The van der Waals surface area contributed by atoms with Crippen LogP contribution in [0, 0.1) is 0 Å². The first-order chi connectivity index (χ1) is 14.3. The number of carbonyl (C=O) groups excluding carboxylic acids is 1. The molecule has 1 atom stereocenters. The van der Waals surface area contributed by atoms with Crippen molar-refractivity contribution in [3.63, 3.8) is 0 Å². The van der Waals surface area contributed by atoms with E-state index in [4.69, 9.17) is 0 Å². The molecule has 1 unspecified atom stereocenters. The molecule has 1 amide bonds. The lowest BCUT2D eigenvalue weighted by Gasteiger charge is -2.34. The van der Waals surface area contributed by atoms with Gasteiger partial charge in [0.2, 0.25) is 0 Å². The zero-order valence-corrected chi connectivity index (χ0v) is 15.9. The number of amides is 1. The predicted octanol–water partition coefficient (Wildman–Crippen LogP) is 3.71. The largest absolute Gasteiger partial charge is 0.507 e. The number of pyridine rings is 1. The highest BCUT2D eigenvalue weighted by molar-refractivity contribution is 5.93. The molecular formula is C21H20F3N3O3. The van der Waals surface area contributed by atoms with Crippen molar-refractivity contribution in [1.82, 2.24) is 14.3 Å². The number of carbonyl (C=O) groups is 1. The number of hydrogen-bond donors (Lipinski definition) is 2. The molecule has 3 heterocycles. The number of aliphatic hydroxyl groups is 1. The Labute approximate surface area is 170 Å². The van der Waals surface area contributed by atoms with Crippen molar-refractivity contribution >= 4 is 11.6 Å². The van der Waals surface area contributed by atoms with E-state index in [0.717, 1.165) is 25.3 Å². The predicted molar refractivity (Wildman–Crippen MR) is 103 cm³/mol. The lowest BCUT2D eigenvalue weighted by Crippen LogP contribution is -2.45. The van der Waals surface area contributed by atoms with E-state index in [1.54, 1.807) is 33.8 Å². The average Bonchev–Trinajstić information content (AvgIpc) is 3.15. The summed E-state index contributed by atoms with van der Waals surface area (Å²) in [6.07, 6.45) is 1.17. The Morgan fingerprint density at radius 3 is 2.67 bits per heavy atom. The van der Waals surface area contributed by atoms with Crippen LogP contribution in [0.4, 0.5) is 13.2 Å². The zero-order valence-electron chi connectivity index (χ0n) is 15.9. The number of aliphatic hydroxyl groups excluding tert-OH is 1. The summed E-state index contributed by atoms with van der Waals surface area (Å²) in [7, 11) is 0. The third-order valence-corrected chi connectivity index (χ3v) is 5.40. The standard InChI is InChI=1S/C21H20F3N3O3/c22-21(23,24)14-5-6-16(18(29)9-14)13-4-7-19-25-17(11-26(19)10-13)20(30)27-8-2-1-3-15(27)12-28/h4-7,9-11,15,28-29H,1-3,8,12H2. The number of halogens is 3. The molecule has 1 aliphatic heterocycles. The van der Waals surface area contributed by atoms with Crippen LogP contribution in [-0.2, 0) is 6.18 Å². The number of aromatic nitrogens is 2. The zero-order chi connectivity index (χ0) is 21.5. The summed E-state index contributed by atoms with van der Waals surface area (Å²) in [5.74, 6) is -0.754. The molecule has 0 aliphatic carbocycles. The van der Waals surface area contributed by atoms with Gasteiger partial charge in [0.1, 0.15) is 17.1 Å². The molecule has 0 radical (unpaired) electrons. The number of piperidine rings is 1. The Morgan fingerprint density at radius 2 is 1.97 bits per heavy atom. The van der Waals surface area contributed by atoms with Crippen LogP contribution in [0.5, 0.6) is 5.75 Å². The summed E-state index contributed by atoms with van der Waals surface area (Å²) in [5.41, 5.74) is 0.509.